The van der Waals surface area contributed by atoms with Crippen LogP contribution in [0.4, 0.5) is 5.69 Å². The molecule has 0 aliphatic rings. The van der Waals surface area contributed by atoms with E-state index in [1.54, 1.807) is 23.1 Å². The number of thioether (sulfide) groups is 1. The first-order valence-electron chi connectivity index (χ1n) is 6.29. The second-order valence-electron chi connectivity index (χ2n) is 4.35. The summed E-state index contributed by atoms with van der Waals surface area (Å²) in [4.78, 5) is 5.87. The van der Waals surface area contributed by atoms with Gasteiger partial charge >= 0.3 is 0 Å². The molecule has 0 saturated carbocycles. The van der Waals surface area contributed by atoms with Crippen molar-refractivity contribution in [1.82, 2.24) is 4.98 Å². The first kappa shape index (κ1) is 13.2. The molecule has 3 rings (SSSR count). The fourth-order valence-corrected chi connectivity index (χ4v) is 3.65. The molecule has 0 fully saturated rings. The topological polar surface area (TPSA) is 38.9 Å². The zero-order chi connectivity index (χ0) is 13.8. The molecule has 3 aromatic rings. The summed E-state index contributed by atoms with van der Waals surface area (Å²) >= 11 is 3.47. The molecule has 0 amide bonds. The van der Waals surface area contributed by atoms with Crippen molar-refractivity contribution in [2.75, 3.05) is 5.73 Å². The van der Waals surface area contributed by atoms with Gasteiger partial charge in [-0.05, 0) is 18.2 Å². The molecule has 2 aromatic carbocycles. The van der Waals surface area contributed by atoms with Crippen LogP contribution >= 0.6 is 23.1 Å². The summed E-state index contributed by atoms with van der Waals surface area (Å²) in [7, 11) is 0. The van der Waals surface area contributed by atoms with Gasteiger partial charge in [-0.15, -0.1) is 23.1 Å². The van der Waals surface area contributed by atoms with Gasteiger partial charge in [0.25, 0.3) is 0 Å². The first-order valence-corrected chi connectivity index (χ1v) is 8.16. The highest BCUT2D eigenvalue weighted by Gasteiger charge is 2.05. The average molecular weight is 298 g/mol. The number of hydrogen-bond donors (Lipinski definition) is 1. The van der Waals surface area contributed by atoms with E-state index in [4.69, 9.17) is 5.73 Å². The van der Waals surface area contributed by atoms with Gasteiger partial charge in [0.15, 0.2) is 0 Å². The predicted octanol–water partition coefficient (Wildman–Crippen LogP) is 4.68. The number of nitrogens with two attached hydrogens (primary N) is 1. The lowest BCUT2D eigenvalue weighted by atomic mass is 10.2. The molecule has 20 heavy (non-hydrogen) atoms. The Kier molecular flexibility index (Phi) is 4.04. The van der Waals surface area contributed by atoms with Crippen molar-refractivity contribution < 1.29 is 0 Å². The average Bonchev–Trinajstić information content (AvgIpc) is 2.95. The van der Waals surface area contributed by atoms with Crippen LogP contribution in [0.5, 0.6) is 0 Å². The van der Waals surface area contributed by atoms with Crippen molar-refractivity contribution in [3.05, 3.63) is 65.0 Å². The Labute approximate surface area is 126 Å². The summed E-state index contributed by atoms with van der Waals surface area (Å²) in [6.07, 6.45) is 0. The molecule has 100 valence electrons. The number of thiazole rings is 1. The molecule has 0 spiro atoms. The van der Waals surface area contributed by atoms with Crippen LogP contribution in [0.1, 0.15) is 5.01 Å². The Morgan fingerprint density at radius 2 is 1.90 bits per heavy atom. The number of nitrogens with zero attached hydrogens (tertiary/aromatic N) is 1. The molecular formula is C16H14N2S2. The minimum absolute atomic E-state index is 0.805. The lowest BCUT2D eigenvalue weighted by Crippen LogP contribution is -1.85. The molecule has 4 heteroatoms. The van der Waals surface area contributed by atoms with E-state index in [1.807, 2.05) is 36.4 Å². The Hall–Kier alpha value is -1.78. The Morgan fingerprint density at radius 3 is 2.70 bits per heavy atom. The quantitative estimate of drug-likeness (QED) is 0.561. The Morgan fingerprint density at radius 1 is 1.05 bits per heavy atom. The molecule has 0 unspecified atom stereocenters. The summed E-state index contributed by atoms with van der Waals surface area (Å²) in [6, 6.07) is 18.2. The minimum atomic E-state index is 0.805. The van der Waals surface area contributed by atoms with Crippen molar-refractivity contribution in [3.8, 4) is 11.3 Å². The second-order valence-corrected chi connectivity index (χ2v) is 6.35. The van der Waals surface area contributed by atoms with E-state index >= 15 is 0 Å². The van der Waals surface area contributed by atoms with Crippen molar-refractivity contribution in [2.24, 2.45) is 0 Å². The predicted molar refractivity (Wildman–Crippen MR) is 88.0 cm³/mol. The van der Waals surface area contributed by atoms with Crippen LogP contribution in [0, 0.1) is 0 Å². The standard InChI is InChI=1S/C16H14N2S2/c17-13-7-4-8-14(9-13)19-11-16-18-15(10-20-16)12-5-2-1-3-6-12/h1-10H,11,17H2. The maximum Gasteiger partial charge on any atom is 0.104 e. The van der Waals surface area contributed by atoms with Gasteiger partial charge in [0, 0.05) is 21.5 Å². The highest BCUT2D eigenvalue weighted by molar-refractivity contribution is 7.98. The normalized spacial score (nSPS) is 10.6. The Bertz CT molecular complexity index is 692. The lowest BCUT2D eigenvalue weighted by molar-refractivity contribution is 1.26. The van der Waals surface area contributed by atoms with E-state index in [1.165, 1.54) is 10.5 Å². The molecule has 0 atom stereocenters. The fraction of sp³-hybridized carbons (Fsp3) is 0.0625. The van der Waals surface area contributed by atoms with Gasteiger partial charge in [0.2, 0.25) is 0 Å². The van der Waals surface area contributed by atoms with Gasteiger partial charge in [0.05, 0.1) is 11.4 Å². The number of hydrogen-bond acceptors (Lipinski definition) is 4. The van der Waals surface area contributed by atoms with Gasteiger partial charge in [-0.3, -0.25) is 0 Å². The van der Waals surface area contributed by atoms with E-state index < -0.39 is 0 Å². The van der Waals surface area contributed by atoms with Crippen molar-refractivity contribution >= 4 is 28.8 Å². The maximum absolute atomic E-state index is 5.78. The summed E-state index contributed by atoms with van der Waals surface area (Å²) in [5.74, 6) is 0.876. The van der Waals surface area contributed by atoms with Crippen LogP contribution in [0.15, 0.2) is 64.9 Å². The highest BCUT2D eigenvalue weighted by atomic mass is 32.2. The largest absolute Gasteiger partial charge is 0.399 e. The number of benzene rings is 2. The zero-order valence-electron chi connectivity index (χ0n) is 10.8. The van der Waals surface area contributed by atoms with E-state index in [2.05, 4.69) is 28.6 Å². The molecule has 1 aromatic heterocycles. The van der Waals surface area contributed by atoms with Crippen molar-refractivity contribution in [2.45, 2.75) is 10.6 Å². The fourth-order valence-electron chi connectivity index (χ4n) is 1.87. The van der Waals surface area contributed by atoms with Crippen molar-refractivity contribution in [3.63, 3.8) is 0 Å². The monoisotopic (exact) mass is 298 g/mol. The SMILES string of the molecule is Nc1cccc(SCc2nc(-c3ccccc3)cs2)c1. The first-order chi connectivity index (χ1) is 9.81. The zero-order valence-corrected chi connectivity index (χ0v) is 12.5. The van der Waals surface area contributed by atoms with E-state index in [0.29, 0.717) is 0 Å². The smallest absolute Gasteiger partial charge is 0.104 e. The van der Waals surface area contributed by atoms with Crippen LogP contribution < -0.4 is 5.73 Å². The molecule has 0 radical (unpaired) electrons. The van der Waals surface area contributed by atoms with Gasteiger partial charge in [-0.1, -0.05) is 36.4 Å². The third-order valence-electron chi connectivity index (χ3n) is 2.84. The molecule has 0 bridgehead atoms. The van der Waals surface area contributed by atoms with Crippen LogP contribution in [-0.2, 0) is 5.75 Å². The van der Waals surface area contributed by atoms with Crippen LogP contribution in [-0.4, -0.2) is 4.98 Å². The third kappa shape index (κ3) is 3.21. The van der Waals surface area contributed by atoms with E-state index in [9.17, 15) is 0 Å². The number of aromatic nitrogens is 1. The van der Waals surface area contributed by atoms with Crippen LogP contribution in [0.2, 0.25) is 0 Å². The highest BCUT2D eigenvalue weighted by Crippen LogP contribution is 2.28. The summed E-state index contributed by atoms with van der Waals surface area (Å²) in [5, 5.41) is 3.25. The lowest BCUT2D eigenvalue weighted by Gasteiger charge is -2.00. The molecule has 0 aliphatic heterocycles. The number of anilines is 1. The Balaban J connectivity index is 1.69. The van der Waals surface area contributed by atoms with Crippen LogP contribution in [0.3, 0.4) is 0 Å². The molecule has 0 saturated heterocycles. The van der Waals surface area contributed by atoms with Gasteiger partial charge in [0.1, 0.15) is 5.01 Å². The molecule has 2 N–H and O–H groups in total. The van der Waals surface area contributed by atoms with E-state index in [-0.39, 0.29) is 0 Å². The van der Waals surface area contributed by atoms with E-state index in [0.717, 1.165) is 22.1 Å². The third-order valence-corrected chi connectivity index (χ3v) is 4.88. The second kappa shape index (κ2) is 6.11. The summed E-state index contributed by atoms with van der Waals surface area (Å²) < 4.78 is 0. The molecule has 0 aliphatic carbocycles. The summed E-state index contributed by atoms with van der Waals surface area (Å²) in [5.41, 5.74) is 8.81. The maximum atomic E-state index is 5.78. The summed E-state index contributed by atoms with van der Waals surface area (Å²) in [6.45, 7) is 0. The number of nitrogen functional groups attached to an aromatic ring is 1. The molecule has 1 heterocycles. The molecular weight excluding hydrogens is 284 g/mol. The van der Waals surface area contributed by atoms with Gasteiger partial charge < -0.3 is 5.73 Å². The minimum Gasteiger partial charge on any atom is -0.399 e. The van der Waals surface area contributed by atoms with Crippen LogP contribution in [0.25, 0.3) is 11.3 Å². The molecule has 2 nitrogen and oxygen atoms in total. The van der Waals surface area contributed by atoms with Gasteiger partial charge in [-0.25, -0.2) is 4.98 Å². The number of rotatable bonds is 4. The van der Waals surface area contributed by atoms with Gasteiger partial charge in [-0.2, -0.15) is 0 Å². The van der Waals surface area contributed by atoms with Crippen molar-refractivity contribution in [1.29, 1.82) is 0 Å².